The van der Waals surface area contributed by atoms with Crippen molar-refractivity contribution in [3.05, 3.63) is 41.6 Å². The molecule has 0 bridgehead atoms. The fourth-order valence-corrected chi connectivity index (χ4v) is 0.750. The highest BCUT2D eigenvalue weighted by molar-refractivity contribution is 5.45. The Hall–Kier alpha value is -1.44. The summed E-state index contributed by atoms with van der Waals surface area (Å²) >= 11 is 0. The average Bonchev–Trinajstić information content (AvgIpc) is 2.04. The van der Waals surface area contributed by atoms with Gasteiger partial charge in [0.25, 0.3) is 0 Å². The zero-order chi connectivity index (χ0) is 8.27. The van der Waals surface area contributed by atoms with E-state index in [0.717, 1.165) is 6.08 Å². The summed E-state index contributed by atoms with van der Waals surface area (Å²) in [5.41, 5.74) is 0. The van der Waals surface area contributed by atoms with E-state index in [1.165, 1.54) is 6.20 Å². The first-order valence-electron chi connectivity index (χ1n) is 3.18. The quantitative estimate of drug-likeness (QED) is 0.574. The molecule has 0 aromatic carbocycles. The summed E-state index contributed by atoms with van der Waals surface area (Å²) in [5.74, 6) is -0.435. The van der Waals surface area contributed by atoms with Gasteiger partial charge in [-0.2, -0.15) is 0 Å². The van der Waals surface area contributed by atoms with Crippen LogP contribution in [-0.4, -0.2) is 4.98 Å². The lowest BCUT2D eigenvalue weighted by atomic mass is 10.3. The Balaban J connectivity index is 3.59. The summed E-state index contributed by atoms with van der Waals surface area (Å²) < 4.78 is 12.8. The smallest absolute Gasteiger partial charge is 0.148 e. The number of rotatable bonds is 1. The third-order valence-corrected chi connectivity index (χ3v) is 1.30. The number of hydrogen-bond donors (Lipinski definition) is 0. The minimum absolute atomic E-state index is 0.266. The van der Waals surface area contributed by atoms with Crippen molar-refractivity contribution >= 4 is 12.4 Å². The molecule has 11 heavy (non-hydrogen) atoms. The van der Waals surface area contributed by atoms with Crippen LogP contribution in [0.1, 0.15) is 0 Å². The molecular formula is C9H8FN. The predicted octanol–water partition coefficient (Wildman–Crippen LogP) is 0.756. The van der Waals surface area contributed by atoms with Crippen LogP contribution in [0.25, 0.3) is 12.4 Å². The standard InChI is InChI=1S/C9H8FN/c1-3-8(10)9-7(2)5-4-6-11-9/h3-6H,1-2H2/b9-8-. The van der Waals surface area contributed by atoms with Gasteiger partial charge in [-0.3, -0.25) is 4.98 Å². The summed E-state index contributed by atoms with van der Waals surface area (Å²) in [5, 5.41) is 0.840. The van der Waals surface area contributed by atoms with Crippen molar-refractivity contribution in [2.45, 2.75) is 0 Å². The van der Waals surface area contributed by atoms with Crippen molar-refractivity contribution in [2.75, 3.05) is 0 Å². The molecule has 0 aliphatic carbocycles. The molecule has 0 atom stereocenters. The van der Waals surface area contributed by atoms with Crippen LogP contribution in [0.15, 0.2) is 31.0 Å². The van der Waals surface area contributed by atoms with Crippen LogP contribution >= 0.6 is 0 Å². The van der Waals surface area contributed by atoms with Gasteiger partial charge in [-0.1, -0.05) is 19.2 Å². The van der Waals surface area contributed by atoms with Gasteiger partial charge in [0, 0.05) is 6.20 Å². The van der Waals surface area contributed by atoms with Crippen molar-refractivity contribution in [2.24, 2.45) is 0 Å². The summed E-state index contributed by atoms with van der Waals surface area (Å²) in [6.45, 7) is 6.92. The number of hydrogen-bond acceptors (Lipinski definition) is 1. The molecule has 1 nitrogen and oxygen atoms in total. The van der Waals surface area contributed by atoms with Crippen LogP contribution in [0.5, 0.6) is 0 Å². The van der Waals surface area contributed by atoms with Crippen molar-refractivity contribution in [1.29, 1.82) is 0 Å². The number of aromatic nitrogens is 1. The highest BCUT2D eigenvalue weighted by atomic mass is 19.1. The monoisotopic (exact) mass is 149 g/mol. The molecule has 1 aromatic rings. The molecule has 0 unspecified atom stereocenters. The minimum atomic E-state index is -0.435. The van der Waals surface area contributed by atoms with Crippen LogP contribution < -0.4 is 10.6 Å². The topological polar surface area (TPSA) is 12.9 Å². The van der Waals surface area contributed by atoms with Crippen molar-refractivity contribution in [3.8, 4) is 0 Å². The molecule has 1 rings (SSSR count). The molecule has 0 saturated heterocycles. The van der Waals surface area contributed by atoms with Gasteiger partial charge in [-0.05, 0) is 17.4 Å². The molecular weight excluding hydrogens is 141 g/mol. The largest absolute Gasteiger partial charge is 0.253 e. The third kappa shape index (κ3) is 1.52. The first-order chi connectivity index (χ1) is 5.25. The average molecular weight is 149 g/mol. The molecule has 0 spiro atoms. The highest BCUT2D eigenvalue weighted by Gasteiger charge is 1.89. The van der Waals surface area contributed by atoms with Gasteiger partial charge in [0.1, 0.15) is 11.2 Å². The van der Waals surface area contributed by atoms with Gasteiger partial charge in [0.05, 0.1) is 0 Å². The molecule has 0 radical (unpaired) electrons. The molecule has 1 heterocycles. The van der Waals surface area contributed by atoms with E-state index in [0.29, 0.717) is 5.22 Å². The van der Waals surface area contributed by atoms with Gasteiger partial charge >= 0.3 is 0 Å². The van der Waals surface area contributed by atoms with Crippen LogP contribution in [-0.2, 0) is 0 Å². The van der Waals surface area contributed by atoms with Gasteiger partial charge in [-0.25, -0.2) is 4.39 Å². The zero-order valence-corrected chi connectivity index (χ0v) is 6.05. The van der Waals surface area contributed by atoms with E-state index in [4.69, 9.17) is 0 Å². The van der Waals surface area contributed by atoms with Crippen LogP contribution in [0.2, 0.25) is 0 Å². The Morgan fingerprint density at radius 1 is 1.64 bits per heavy atom. The van der Waals surface area contributed by atoms with E-state index >= 15 is 0 Å². The summed E-state index contributed by atoms with van der Waals surface area (Å²) in [6, 6.07) is 3.41. The number of pyridine rings is 1. The first-order valence-corrected chi connectivity index (χ1v) is 3.18. The lowest BCUT2D eigenvalue weighted by Gasteiger charge is -1.87. The molecule has 0 amide bonds. The molecule has 0 aliphatic rings. The first kappa shape index (κ1) is 7.66. The molecule has 0 N–H and O–H groups in total. The second-order valence-corrected chi connectivity index (χ2v) is 2.06. The van der Waals surface area contributed by atoms with E-state index in [2.05, 4.69) is 18.1 Å². The van der Waals surface area contributed by atoms with Gasteiger partial charge in [0.15, 0.2) is 0 Å². The molecule has 1 aromatic heterocycles. The number of nitrogens with zero attached hydrogens (tertiary/aromatic N) is 1. The predicted molar refractivity (Wildman–Crippen MR) is 43.7 cm³/mol. The fourth-order valence-electron chi connectivity index (χ4n) is 0.750. The van der Waals surface area contributed by atoms with E-state index in [1.807, 2.05) is 0 Å². The summed E-state index contributed by atoms with van der Waals surface area (Å²) in [6.07, 6.45) is 2.64. The number of halogens is 1. The normalized spacial score (nSPS) is 12.5. The lowest BCUT2D eigenvalue weighted by Crippen LogP contribution is -2.27. The van der Waals surface area contributed by atoms with E-state index in [-0.39, 0.29) is 5.35 Å². The second kappa shape index (κ2) is 3.10. The maximum Gasteiger partial charge on any atom is 0.148 e. The molecule has 0 fully saturated rings. The van der Waals surface area contributed by atoms with E-state index < -0.39 is 5.83 Å². The molecule has 0 aliphatic heterocycles. The Labute approximate surface area is 64.2 Å². The Bertz CT molecular complexity index is 367. The van der Waals surface area contributed by atoms with Crippen molar-refractivity contribution < 1.29 is 4.39 Å². The maximum absolute atomic E-state index is 12.8. The van der Waals surface area contributed by atoms with E-state index in [1.54, 1.807) is 12.1 Å². The minimum Gasteiger partial charge on any atom is -0.253 e. The van der Waals surface area contributed by atoms with E-state index in [9.17, 15) is 4.39 Å². The van der Waals surface area contributed by atoms with Crippen LogP contribution in [0.4, 0.5) is 4.39 Å². The zero-order valence-electron chi connectivity index (χ0n) is 6.05. The van der Waals surface area contributed by atoms with Crippen LogP contribution in [0.3, 0.4) is 0 Å². The fraction of sp³-hybridized carbons (Fsp3) is 0. The van der Waals surface area contributed by atoms with Gasteiger partial charge in [-0.15, -0.1) is 0 Å². The summed E-state index contributed by atoms with van der Waals surface area (Å²) in [7, 11) is 0. The Morgan fingerprint density at radius 3 is 2.91 bits per heavy atom. The lowest BCUT2D eigenvalue weighted by molar-refractivity contribution is 0.754. The van der Waals surface area contributed by atoms with Gasteiger partial charge < -0.3 is 0 Å². The van der Waals surface area contributed by atoms with Crippen molar-refractivity contribution in [1.82, 2.24) is 4.98 Å². The third-order valence-electron chi connectivity index (χ3n) is 1.30. The Kier molecular flexibility index (Phi) is 2.16. The SMILES string of the molecule is C=C/C(F)=c1/ncccc1=C. The summed E-state index contributed by atoms with van der Waals surface area (Å²) in [4.78, 5) is 3.80. The molecule has 0 saturated carbocycles. The molecule has 2 heteroatoms. The van der Waals surface area contributed by atoms with Crippen LogP contribution in [0, 0.1) is 0 Å². The maximum atomic E-state index is 12.8. The highest BCUT2D eigenvalue weighted by Crippen LogP contribution is 1.90. The Morgan fingerprint density at radius 2 is 2.36 bits per heavy atom. The van der Waals surface area contributed by atoms with Crippen molar-refractivity contribution in [3.63, 3.8) is 0 Å². The molecule has 56 valence electrons. The van der Waals surface area contributed by atoms with Gasteiger partial charge in [0.2, 0.25) is 0 Å². The second-order valence-electron chi connectivity index (χ2n) is 2.06. The number of allylic oxidation sites excluding steroid dienone is 1.